The maximum atomic E-state index is 3.81. The van der Waals surface area contributed by atoms with E-state index in [2.05, 4.69) is 27.3 Å². The molecule has 0 aromatic carbocycles. The van der Waals surface area contributed by atoms with E-state index in [1.165, 1.54) is 11.1 Å². The predicted octanol–water partition coefficient (Wildman–Crippen LogP) is 2.19. The van der Waals surface area contributed by atoms with Gasteiger partial charge in [0.25, 0.3) is 0 Å². The molecular formula is C10H16NP. The van der Waals surface area contributed by atoms with Crippen LogP contribution in [0.1, 0.15) is 6.42 Å². The minimum Gasteiger partial charge on any atom is -0.295 e. The van der Waals surface area contributed by atoms with E-state index in [4.69, 9.17) is 0 Å². The number of allylic oxidation sites excluding steroid dienone is 1. The van der Waals surface area contributed by atoms with Crippen LogP contribution < -0.4 is 0 Å². The normalized spacial score (nSPS) is 19.4. The minimum absolute atomic E-state index is 1.02. The first-order valence-corrected chi connectivity index (χ1v) is 5.02. The van der Waals surface area contributed by atoms with Crippen LogP contribution in [0.2, 0.25) is 0 Å². The molecule has 0 N–H and O–H groups in total. The molecule has 1 nitrogen and oxygen atoms in total. The van der Waals surface area contributed by atoms with Crippen molar-refractivity contribution in [1.82, 2.24) is 4.90 Å². The molecule has 0 fully saturated rings. The van der Waals surface area contributed by atoms with Gasteiger partial charge in [-0.1, -0.05) is 25.3 Å². The van der Waals surface area contributed by atoms with Crippen molar-refractivity contribution in [2.24, 2.45) is 0 Å². The first kappa shape index (κ1) is 9.70. The molecule has 0 spiro atoms. The highest BCUT2D eigenvalue weighted by molar-refractivity contribution is 7.16. The molecule has 0 saturated heterocycles. The van der Waals surface area contributed by atoms with Gasteiger partial charge in [0.05, 0.1) is 0 Å². The molecule has 0 aliphatic carbocycles. The van der Waals surface area contributed by atoms with Crippen molar-refractivity contribution in [2.75, 3.05) is 19.4 Å². The lowest BCUT2D eigenvalue weighted by atomic mass is 10.0. The van der Waals surface area contributed by atoms with Gasteiger partial charge in [-0.25, -0.2) is 0 Å². The summed E-state index contributed by atoms with van der Waals surface area (Å²) >= 11 is 0. The summed E-state index contributed by atoms with van der Waals surface area (Å²) in [5.41, 5.74) is 2.69. The first-order valence-electron chi connectivity index (χ1n) is 4.21. The lowest BCUT2D eigenvalue weighted by Gasteiger charge is -2.27. The molecule has 1 heterocycles. The number of hydrogen-bond donors (Lipinski definition) is 0. The van der Waals surface area contributed by atoms with Gasteiger partial charge in [0.15, 0.2) is 0 Å². The summed E-state index contributed by atoms with van der Waals surface area (Å²) in [5, 5.41) is 0. The lowest BCUT2D eigenvalue weighted by molar-refractivity contribution is 0.339. The second-order valence-corrected chi connectivity index (χ2v) is 3.31. The molecule has 1 aliphatic rings. The molecule has 2 heteroatoms. The third-order valence-corrected chi connectivity index (χ3v) is 2.77. The molecule has 0 amide bonds. The molecule has 66 valence electrons. The number of nitrogens with zero attached hydrogens (tertiary/aromatic N) is 1. The molecule has 1 atom stereocenters. The van der Waals surface area contributed by atoms with E-state index in [0.29, 0.717) is 0 Å². The van der Waals surface area contributed by atoms with Gasteiger partial charge in [-0.2, -0.15) is 0 Å². The van der Waals surface area contributed by atoms with E-state index in [0.717, 1.165) is 25.8 Å². The van der Waals surface area contributed by atoms with Crippen LogP contribution >= 0.6 is 9.24 Å². The molecule has 0 aromatic rings. The van der Waals surface area contributed by atoms with E-state index in [9.17, 15) is 0 Å². The topological polar surface area (TPSA) is 3.24 Å². The Morgan fingerprint density at radius 2 is 2.00 bits per heavy atom. The third-order valence-electron chi connectivity index (χ3n) is 2.25. The van der Waals surface area contributed by atoms with Crippen LogP contribution in [0.25, 0.3) is 0 Å². The largest absolute Gasteiger partial charge is 0.295 e. The fraction of sp³-hybridized carbons (Fsp3) is 0.400. The second kappa shape index (κ2) is 4.59. The standard InChI is InChI=1S/C10H16NP/c1-3-9-5-6-11(8-12)7-10(9)4-2/h3-4H,1-2,5-8,12H2. The van der Waals surface area contributed by atoms with Crippen LogP contribution in [0.3, 0.4) is 0 Å². The molecule has 1 rings (SSSR count). The lowest BCUT2D eigenvalue weighted by Crippen LogP contribution is -2.29. The molecule has 0 radical (unpaired) electrons. The van der Waals surface area contributed by atoms with Gasteiger partial charge in [0, 0.05) is 19.4 Å². The maximum absolute atomic E-state index is 3.81. The Kier molecular flexibility index (Phi) is 3.71. The van der Waals surface area contributed by atoms with E-state index in [-0.39, 0.29) is 0 Å². The monoisotopic (exact) mass is 181 g/mol. The van der Waals surface area contributed by atoms with Crippen molar-refractivity contribution in [1.29, 1.82) is 0 Å². The van der Waals surface area contributed by atoms with Crippen molar-refractivity contribution in [3.63, 3.8) is 0 Å². The van der Waals surface area contributed by atoms with Gasteiger partial charge in [0.2, 0.25) is 0 Å². The summed E-state index contributed by atoms with van der Waals surface area (Å²) in [4.78, 5) is 2.38. The quantitative estimate of drug-likeness (QED) is 0.603. The van der Waals surface area contributed by atoms with Crippen LogP contribution in [0.5, 0.6) is 0 Å². The zero-order valence-corrected chi connectivity index (χ0v) is 8.58. The highest BCUT2D eigenvalue weighted by Crippen LogP contribution is 2.19. The van der Waals surface area contributed by atoms with Gasteiger partial charge in [-0.15, -0.1) is 9.24 Å². The SMILES string of the molecule is C=CC1=C(C=C)CN(CP)CC1. The highest BCUT2D eigenvalue weighted by atomic mass is 31.0. The van der Waals surface area contributed by atoms with E-state index in [1.54, 1.807) is 0 Å². The van der Waals surface area contributed by atoms with E-state index < -0.39 is 0 Å². The molecule has 0 saturated carbocycles. The Labute approximate surface area is 77.0 Å². The molecular weight excluding hydrogens is 165 g/mol. The Bertz CT molecular complexity index is 218. The second-order valence-electron chi connectivity index (χ2n) is 2.94. The summed E-state index contributed by atoms with van der Waals surface area (Å²) in [7, 11) is 2.75. The zero-order chi connectivity index (χ0) is 8.97. The zero-order valence-electron chi connectivity index (χ0n) is 7.42. The van der Waals surface area contributed by atoms with Crippen molar-refractivity contribution < 1.29 is 0 Å². The first-order chi connectivity index (χ1) is 5.81. The van der Waals surface area contributed by atoms with Crippen molar-refractivity contribution in [3.8, 4) is 0 Å². The van der Waals surface area contributed by atoms with Gasteiger partial charge in [0.1, 0.15) is 0 Å². The minimum atomic E-state index is 1.02. The Hall–Kier alpha value is -0.390. The number of hydrogen-bond acceptors (Lipinski definition) is 1. The van der Waals surface area contributed by atoms with Crippen molar-refractivity contribution >= 4 is 9.24 Å². The van der Waals surface area contributed by atoms with Crippen molar-refractivity contribution in [3.05, 3.63) is 36.5 Å². The summed E-state index contributed by atoms with van der Waals surface area (Å²) in [6.07, 6.45) is 6.06. The third kappa shape index (κ3) is 2.06. The Balaban J connectivity index is 2.76. The Morgan fingerprint density at radius 3 is 2.50 bits per heavy atom. The van der Waals surface area contributed by atoms with Crippen molar-refractivity contribution in [2.45, 2.75) is 6.42 Å². The fourth-order valence-corrected chi connectivity index (χ4v) is 1.76. The fourth-order valence-electron chi connectivity index (χ4n) is 1.45. The summed E-state index contributed by atoms with van der Waals surface area (Å²) in [6.45, 7) is 9.78. The van der Waals surface area contributed by atoms with Crippen LogP contribution in [0.4, 0.5) is 0 Å². The molecule has 0 bridgehead atoms. The highest BCUT2D eigenvalue weighted by Gasteiger charge is 2.13. The summed E-state index contributed by atoms with van der Waals surface area (Å²) in [5.74, 6) is 0. The van der Waals surface area contributed by atoms with E-state index in [1.807, 2.05) is 12.2 Å². The Morgan fingerprint density at radius 1 is 1.33 bits per heavy atom. The average molecular weight is 181 g/mol. The summed E-state index contributed by atoms with van der Waals surface area (Å²) in [6, 6.07) is 0. The average Bonchev–Trinajstić information content (AvgIpc) is 2.16. The van der Waals surface area contributed by atoms with Crippen LogP contribution in [0.15, 0.2) is 36.5 Å². The van der Waals surface area contributed by atoms with Gasteiger partial charge < -0.3 is 0 Å². The van der Waals surface area contributed by atoms with Gasteiger partial charge >= 0.3 is 0 Å². The van der Waals surface area contributed by atoms with Gasteiger partial charge in [-0.05, 0) is 17.6 Å². The molecule has 0 aromatic heterocycles. The maximum Gasteiger partial charge on any atom is 0.0239 e. The van der Waals surface area contributed by atoms with Crippen LogP contribution in [-0.4, -0.2) is 24.3 Å². The van der Waals surface area contributed by atoms with E-state index >= 15 is 0 Å². The van der Waals surface area contributed by atoms with Crippen LogP contribution in [-0.2, 0) is 0 Å². The van der Waals surface area contributed by atoms with Crippen LogP contribution in [0, 0.1) is 0 Å². The smallest absolute Gasteiger partial charge is 0.0239 e. The molecule has 1 unspecified atom stereocenters. The predicted molar refractivity (Wildman–Crippen MR) is 58.2 cm³/mol. The summed E-state index contributed by atoms with van der Waals surface area (Å²) < 4.78 is 0. The number of rotatable bonds is 3. The molecule has 1 aliphatic heterocycles. The molecule has 12 heavy (non-hydrogen) atoms. The van der Waals surface area contributed by atoms with Gasteiger partial charge in [-0.3, -0.25) is 4.90 Å².